The van der Waals surface area contributed by atoms with E-state index in [4.69, 9.17) is 4.74 Å². The second-order valence-corrected chi connectivity index (χ2v) is 3.84. The molecule has 0 amide bonds. The van der Waals surface area contributed by atoms with Gasteiger partial charge in [-0.1, -0.05) is 19.1 Å². The summed E-state index contributed by atoms with van der Waals surface area (Å²) in [6, 6.07) is 0. The van der Waals surface area contributed by atoms with Crippen molar-refractivity contribution in [3.63, 3.8) is 0 Å². The standard InChI is InChI=1S/C12H20O2/c1-2-8-12(13)14-11-9-6-4-3-5-7-10-11/h3-4,11H,2,5-10H2,1H3. The molecule has 0 saturated carbocycles. The Morgan fingerprint density at radius 2 is 2.14 bits per heavy atom. The lowest BCUT2D eigenvalue weighted by Gasteiger charge is -2.18. The van der Waals surface area contributed by atoms with Gasteiger partial charge in [0, 0.05) is 6.42 Å². The van der Waals surface area contributed by atoms with Crippen molar-refractivity contribution in [1.82, 2.24) is 0 Å². The largest absolute Gasteiger partial charge is 0.462 e. The molecule has 0 radical (unpaired) electrons. The van der Waals surface area contributed by atoms with Gasteiger partial charge in [0.1, 0.15) is 6.10 Å². The van der Waals surface area contributed by atoms with E-state index in [1.807, 2.05) is 6.92 Å². The Morgan fingerprint density at radius 3 is 2.93 bits per heavy atom. The molecule has 1 rings (SSSR count). The Kier molecular flexibility index (Phi) is 5.35. The van der Waals surface area contributed by atoms with Crippen LogP contribution in [-0.2, 0) is 9.53 Å². The van der Waals surface area contributed by atoms with E-state index in [1.165, 1.54) is 0 Å². The number of esters is 1. The van der Waals surface area contributed by atoms with Crippen LogP contribution in [0, 0.1) is 0 Å². The minimum atomic E-state index is -0.0259. The van der Waals surface area contributed by atoms with Crippen molar-refractivity contribution in [1.29, 1.82) is 0 Å². The molecule has 0 aliphatic heterocycles. The van der Waals surface area contributed by atoms with Gasteiger partial charge >= 0.3 is 5.97 Å². The van der Waals surface area contributed by atoms with Gasteiger partial charge in [-0.3, -0.25) is 4.79 Å². The summed E-state index contributed by atoms with van der Waals surface area (Å²) in [5.41, 5.74) is 0. The number of carbonyl (C=O) groups excluding carboxylic acids is 1. The van der Waals surface area contributed by atoms with Crippen LogP contribution in [0.2, 0.25) is 0 Å². The highest BCUT2D eigenvalue weighted by Crippen LogP contribution is 2.16. The fourth-order valence-corrected chi connectivity index (χ4v) is 1.69. The van der Waals surface area contributed by atoms with Crippen LogP contribution in [0.15, 0.2) is 12.2 Å². The molecule has 0 aromatic heterocycles. The van der Waals surface area contributed by atoms with E-state index in [1.54, 1.807) is 0 Å². The number of ether oxygens (including phenoxy) is 1. The first-order valence-electron chi connectivity index (χ1n) is 5.67. The number of carbonyl (C=O) groups is 1. The number of allylic oxidation sites excluding steroid dienone is 2. The minimum absolute atomic E-state index is 0.0259. The van der Waals surface area contributed by atoms with Crippen molar-refractivity contribution < 1.29 is 9.53 Å². The molecule has 0 heterocycles. The van der Waals surface area contributed by atoms with Crippen LogP contribution in [0.5, 0.6) is 0 Å². The third-order valence-electron chi connectivity index (χ3n) is 2.47. The Balaban J connectivity index is 2.27. The maximum Gasteiger partial charge on any atom is 0.306 e. The van der Waals surface area contributed by atoms with Gasteiger partial charge in [0.25, 0.3) is 0 Å². The van der Waals surface area contributed by atoms with Crippen molar-refractivity contribution in [2.75, 3.05) is 0 Å². The average Bonchev–Trinajstić information content (AvgIpc) is 2.10. The van der Waals surface area contributed by atoms with Gasteiger partial charge in [0.05, 0.1) is 0 Å². The molecular formula is C12H20O2. The molecule has 0 aromatic carbocycles. The first kappa shape index (κ1) is 11.3. The fraction of sp³-hybridized carbons (Fsp3) is 0.750. The molecule has 80 valence electrons. The third-order valence-corrected chi connectivity index (χ3v) is 2.47. The van der Waals surface area contributed by atoms with Gasteiger partial charge in [-0.15, -0.1) is 0 Å². The molecule has 0 spiro atoms. The molecular weight excluding hydrogens is 176 g/mol. The summed E-state index contributed by atoms with van der Waals surface area (Å²) in [5.74, 6) is -0.0259. The Labute approximate surface area is 86.3 Å². The second-order valence-electron chi connectivity index (χ2n) is 3.84. The van der Waals surface area contributed by atoms with Crippen molar-refractivity contribution >= 4 is 5.97 Å². The van der Waals surface area contributed by atoms with E-state index in [-0.39, 0.29) is 12.1 Å². The molecule has 0 saturated heterocycles. The third kappa shape index (κ3) is 4.45. The van der Waals surface area contributed by atoms with Crippen LogP contribution in [0.1, 0.15) is 51.9 Å². The maximum atomic E-state index is 11.3. The summed E-state index contributed by atoms with van der Waals surface area (Å²) in [6.45, 7) is 2.00. The van der Waals surface area contributed by atoms with Crippen LogP contribution >= 0.6 is 0 Å². The lowest BCUT2D eigenvalue weighted by molar-refractivity contribution is -0.149. The SMILES string of the molecule is CCCC(=O)OC1CCC=CCCC1. The van der Waals surface area contributed by atoms with E-state index >= 15 is 0 Å². The van der Waals surface area contributed by atoms with E-state index in [9.17, 15) is 4.79 Å². The van der Waals surface area contributed by atoms with Gasteiger partial charge in [-0.2, -0.15) is 0 Å². The second kappa shape index (κ2) is 6.63. The molecule has 0 N–H and O–H groups in total. The van der Waals surface area contributed by atoms with E-state index in [2.05, 4.69) is 12.2 Å². The fourth-order valence-electron chi connectivity index (χ4n) is 1.69. The predicted molar refractivity (Wildman–Crippen MR) is 57.0 cm³/mol. The minimum Gasteiger partial charge on any atom is -0.462 e. The van der Waals surface area contributed by atoms with Crippen LogP contribution in [0.4, 0.5) is 0 Å². The number of rotatable bonds is 3. The van der Waals surface area contributed by atoms with Gasteiger partial charge in [-0.25, -0.2) is 0 Å². The molecule has 2 nitrogen and oxygen atoms in total. The lowest BCUT2D eigenvalue weighted by atomic mass is 10.0. The summed E-state index contributed by atoms with van der Waals surface area (Å²) in [7, 11) is 0. The molecule has 0 fully saturated rings. The lowest BCUT2D eigenvalue weighted by Crippen LogP contribution is -2.18. The molecule has 2 heteroatoms. The first-order chi connectivity index (χ1) is 6.83. The van der Waals surface area contributed by atoms with E-state index in [0.717, 1.165) is 38.5 Å². The highest BCUT2D eigenvalue weighted by Gasteiger charge is 2.13. The van der Waals surface area contributed by atoms with Gasteiger partial charge in [0.2, 0.25) is 0 Å². The van der Waals surface area contributed by atoms with Crippen molar-refractivity contribution in [2.45, 2.75) is 58.0 Å². The monoisotopic (exact) mass is 196 g/mol. The van der Waals surface area contributed by atoms with E-state index < -0.39 is 0 Å². The topological polar surface area (TPSA) is 26.3 Å². The van der Waals surface area contributed by atoms with Gasteiger partial charge in [0.15, 0.2) is 0 Å². The molecule has 1 atom stereocenters. The quantitative estimate of drug-likeness (QED) is 0.511. The van der Waals surface area contributed by atoms with E-state index in [0.29, 0.717) is 6.42 Å². The number of hydrogen-bond donors (Lipinski definition) is 0. The summed E-state index contributed by atoms with van der Waals surface area (Å²) in [6.07, 6.45) is 11.4. The summed E-state index contributed by atoms with van der Waals surface area (Å²) < 4.78 is 5.39. The normalized spacial score (nSPS) is 22.5. The van der Waals surface area contributed by atoms with Crippen molar-refractivity contribution in [3.05, 3.63) is 12.2 Å². The van der Waals surface area contributed by atoms with Crippen LogP contribution in [-0.4, -0.2) is 12.1 Å². The predicted octanol–water partition coefficient (Wildman–Crippen LogP) is 3.22. The first-order valence-corrected chi connectivity index (χ1v) is 5.67. The molecule has 0 aromatic rings. The highest BCUT2D eigenvalue weighted by atomic mass is 16.5. The van der Waals surface area contributed by atoms with Gasteiger partial charge in [-0.05, 0) is 38.5 Å². The summed E-state index contributed by atoms with van der Waals surface area (Å²) >= 11 is 0. The Bertz CT molecular complexity index is 196. The number of hydrogen-bond acceptors (Lipinski definition) is 2. The molecule has 1 aliphatic carbocycles. The molecule has 14 heavy (non-hydrogen) atoms. The smallest absolute Gasteiger partial charge is 0.306 e. The molecule has 0 bridgehead atoms. The summed E-state index contributed by atoms with van der Waals surface area (Å²) in [4.78, 5) is 11.3. The summed E-state index contributed by atoms with van der Waals surface area (Å²) in [5, 5.41) is 0. The van der Waals surface area contributed by atoms with Crippen molar-refractivity contribution in [2.24, 2.45) is 0 Å². The van der Waals surface area contributed by atoms with Crippen LogP contribution in [0.3, 0.4) is 0 Å². The molecule has 1 unspecified atom stereocenters. The maximum absolute atomic E-state index is 11.3. The van der Waals surface area contributed by atoms with Gasteiger partial charge < -0.3 is 4.74 Å². The zero-order valence-corrected chi connectivity index (χ0v) is 9.00. The average molecular weight is 196 g/mol. The van der Waals surface area contributed by atoms with Crippen LogP contribution < -0.4 is 0 Å². The Morgan fingerprint density at radius 1 is 1.36 bits per heavy atom. The Hall–Kier alpha value is -0.790. The van der Waals surface area contributed by atoms with Crippen molar-refractivity contribution in [3.8, 4) is 0 Å². The zero-order chi connectivity index (χ0) is 10.2. The zero-order valence-electron chi connectivity index (χ0n) is 9.00. The van der Waals surface area contributed by atoms with Crippen LogP contribution in [0.25, 0.3) is 0 Å². The molecule has 1 aliphatic rings. The highest BCUT2D eigenvalue weighted by molar-refractivity contribution is 5.69.